The highest BCUT2D eigenvalue weighted by Gasteiger charge is 2.36. The number of halogens is 3. The Labute approximate surface area is 209 Å². The predicted octanol–water partition coefficient (Wildman–Crippen LogP) is 6.02. The number of hydrogen-bond donors (Lipinski definition) is 1. The van der Waals surface area contributed by atoms with Crippen LogP contribution in [-0.2, 0) is 16.1 Å². The van der Waals surface area contributed by atoms with Crippen molar-refractivity contribution in [3.8, 4) is 5.75 Å². The van der Waals surface area contributed by atoms with Crippen molar-refractivity contribution in [2.45, 2.75) is 23.8 Å². The first-order valence-electron chi connectivity index (χ1n) is 10.6. The molecule has 1 saturated heterocycles. The molecular weight excluding hydrogens is 496 g/mol. The molecule has 0 bridgehead atoms. The van der Waals surface area contributed by atoms with Gasteiger partial charge in [-0.3, -0.25) is 14.5 Å². The summed E-state index contributed by atoms with van der Waals surface area (Å²) in [6.45, 7) is 0.276. The van der Waals surface area contributed by atoms with Crippen LogP contribution in [0.1, 0.15) is 12.0 Å². The second-order valence-corrected chi connectivity index (χ2v) is 9.18. The third kappa shape index (κ3) is 7.03. The van der Waals surface area contributed by atoms with E-state index in [0.29, 0.717) is 16.5 Å². The molecule has 1 atom stereocenters. The van der Waals surface area contributed by atoms with E-state index < -0.39 is 10.8 Å². The van der Waals surface area contributed by atoms with Gasteiger partial charge in [0.2, 0.25) is 11.8 Å². The number of para-hydroxylation sites is 1. The number of carbonyl (C=O) groups excluding carboxylic acids is 2. The topological polar surface area (TPSA) is 71.0 Å². The van der Waals surface area contributed by atoms with E-state index in [1.807, 2.05) is 36.4 Å². The number of thioether (sulfide) groups is 1. The number of amides is 2. The van der Waals surface area contributed by atoms with Crippen LogP contribution >= 0.6 is 23.4 Å². The number of rotatable bonds is 7. The standard InChI is InChI=1S/C25H20ClF2N3O3S/c26-25(27,28)34-20-13-11-19(12-14-20)30-24-31(16-17-7-3-1-4-8-17)22(32)15-21(35-24)23(33)29-18-9-5-2-6-10-18/h1-14,21H,15-16H2,(H,29,33)/t21-/m1/s1. The van der Waals surface area contributed by atoms with Crippen molar-refractivity contribution >= 4 is 51.7 Å². The van der Waals surface area contributed by atoms with Gasteiger partial charge in [-0.15, -0.1) is 8.78 Å². The van der Waals surface area contributed by atoms with E-state index in [0.717, 1.165) is 5.56 Å². The molecule has 6 nitrogen and oxygen atoms in total. The van der Waals surface area contributed by atoms with Crippen molar-refractivity contribution in [1.82, 2.24) is 4.90 Å². The van der Waals surface area contributed by atoms with Gasteiger partial charge in [0, 0.05) is 23.7 Å². The van der Waals surface area contributed by atoms with Gasteiger partial charge in [-0.2, -0.15) is 0 Å². The Morgan fingerprint density at radius 3 is 2.31 bits per heavy atom. The number of nitrogens with one attached hydrogen (secondary N) is 1. The fourth-order valence-corrected chi connectivity index (χ4v) is 4.53. The first-order chi connectivity index (χ1) is 16.8. The third-order valence-corrected chi connectivity index (χ3v) is 6.22. The summed E-state index contributed by atoms with van der Waals surface area (Å²) < 4.78 is 30.1. The zero-order chi connectivity index (χ0) is 24.8. The minimum Gasteiger partial charge on any atom is -0.420 e. The van der Waals surface area contributed by atoms with Crippen LogP contribution in [0, 0.1) is 0 Å². The van der Waals surface area contributed by atoms with Crippen molar-refractivity contribution in [3.05, 3.63) is 90.5 Å². The number of anilines is 1. The molecule has 4 rings (SSSR count). The van der Waals surface area contributed by atoms with Crippen molar-refractivity contribution in [3.63, 3.8) is 0 Å². The van der Waals surface area contributed by atoms with Gasteiger partial charge in [0.15, 0.2) is 5.17 Å². The second kappa shape index (κ2) is 10.9. The summed E-state index contributed by atoms with van der Waals surface area (Å²) in [7, 11) is 0. The van der Waals surface area contributed by atoms with E-state index in [4.69, 9.17) is 11.6 Å². The van der Waals surface area contributed by atoms with Gasteiger partial charge in [-0.25, -0.2) is 4.99 Å². The molecular formula is C25H20ClF2N3O3S. The first kappa shape index (κ1) is 24.7. The molecule has 0 radical (unpaired) electrons. The lowest BCUT2D eigenvalue weighted by Crippen LogP contribution is -2.44. The van der Waals surface area contributed by atoms with Crippen LogP contribution in [0.3, 0.4) is 0 Å². The number of benzene rings is 3. The molecule has 0 spiro atoms. The summed E-state index contributed by atoms with van der Waals surface area (Å²) in [5.41, 5.74) is -1.91. The van der Waals surface area contributed by atoms with Crippen LogP contribution in [0.15, 0.2) is 89.9 Å². The Morgan fingerprint density at radius 1 is 1.06 bits per heavy atom. The maximum absolute atomic E-state index is 13.1. The molecule has 1 N–H and O–H groups in total. The molecule has 10 heteroatoms. The lowest BCUT2D eigenvalue weighted by atomic mass is 10.2. The van der Waals surface area contributed by atoms with Crippen LogP contribution < -0.4 is 10.1 Å². The Morgan fingerprint density at radius 2 is 1.69 bits per heavy atom. The van der Waals surface area contributed by atoms with Crippen LogP contribution in [0.2, 0.25) is 0 Å². The second-order valence-electron chi connectivity index (χ2n) is 7.57. The molecule has 1 heterocycles. The summed E-state index contributed by atoms with van der Waals surface area (Å²) in [5.74, 6) is -0.696. The quantitative estimate of drug-likeness (QED) is 0.391. The van der Waals surface area contributed by atoms with E-state index in [9.17, 15) is 18.4 Å². The number of carbonyl (C=O) groups is 2. The summed E-state index contributed by atoms with van der Waals surface area (Å²) in [6, 6.07) is 23.9. The molecule has 2 amide bonds. The van der Waals surface area contributed by atoms with Gasteiger partial charge in [0.25, 0.3) is 0 Å². The maximum atomic E-state index is 13.1. The summed E-state index contributed by atoms with van der Waals surface area (Å²) in [4.78, 5) is 32.1. The molecule has 1 aliphatic heterocycles. The van der Waals surface area contributed by atoms with Crippen LogP contribution in [0.5, 0.6) is 5.75 Å². The summed E-state index contributed by atoms with van der Waals surface area (Å²) in [5, 5.41) is 2.46. The Bertz CT molecular complexity index is 1210. The number of hydrogen-bond acceptors (Lipinski definition) is 5. The highest BCUT2D eigenvalue weighted by Crippen LogP contribution is 2.32. The van der Waals surface area contributed by atoms with Gasteiger partial charge < -0.3 is 10.1 Å². The van der Waals surface area contributed by atoms with Gasteiger partial charge in [0.05, 0.1) is 12.2 Å². The normalized spacial score (nSPS) is 17.3. The summed E-state index contributed by atoms with van der Waals surface area (Å²) in [6.07, 6.45) is 0.00672. The molecule has 35 heavy (non-hydrogen) atoms. The first-order valence-corrected chi connectivity index (χ1v) is 11.8. The molecule has 1 aliphatic rings. The average molecular weight is 516 g/mol. The average Bonchev–Trinajstić information content (AvgIpc) is 2.82. The number of aliphatic imine (C=N–C) groups is 1. The van der Waals surface area contributed by atoms with E-state index in [1.165, 1.54) is 40.9 Å². The largest absolute Gasteiger partial charge is 0.487 e. The van der Waals surface area contributed by atoms with E-state index in [2.05, 4.69) is 15.0 Å². The molecule has 1 fully saturated rings. The number of nitrogens with zero attached hydrogens (tertiary/aromatic N) is 2. The molecule has 3 aromatic carbocycles. The fourth-order valence-electron chi connectivity index (χ4n) is 3.34. The predicted molar refractivity (Wildman–Crippen MR) is 133 cm³/mol. The zero-order valence-electron chi connectivity index (χ0n) is 18.2. The van der Waals surface area contributed by atoms with Gasteiger partial charge in [-0.1, -0.05) is 60.3 Å². The fraction of sp³-hybridized carbons (Fsp3) is 0.160. The molecule has 3 aromatic rings. The lowest BCUT2D eigenvalue weighted by molar-refractivity contribution is -0.129. The summed E-state index contributed by atoms with van der Waals surface area (Å²) >= 11 is 5.98. The Kier molecular flexibility index (Phi) is 7.67. The SMILES string of the molecule is O=C(Nc1ccccc1)[C@H]1CC(=O)N(Cc2ccccc2)C(=Nc2ccc(OC(F)(F)Cl)cc2)S1. The molecule has 0 unspecified atom stereocenters. The van der Waals surface area contributed by atoms with Crippen molar-refractivity contribution in [1.29, 1.82) is 0 Å². The Balaban J connectivity index is 1.58. The minimum atomic E-state index is -3.83. The van der Waals surface area contributed by atoms with Gasteiger partial charge in [-0.05, 0) is 42.0 Å². The van der Waals surface area contributed by atoms with E-state index in [1.54, 1.807) is 24.3 Å². The highest BCUT2D eigenvalue weighted by atomic mass is 35.5. The number of alkyl halides is 3. The highest BCUT2D eigenvalue weighted by molar-refractivity contribution is 8.15. The molecule has 0 saturated carbocycles. The van der Waals surface area contributed by atoms with Crippen molar-refractivity contribution in [2.24, 2.45) is 4.99 Å². The molecule has 180 valence electrons. The zero-order valence-corrected chi connectivity index (χ0v) is 19.8. The number of ether oxygens (including phenoxy) is 1. The van der Waals surface area contributed by atoms with Crippen LogP contribution in [-0.4, -0.2) is 32.7 Å². The number of amidine groups is 1. The van der Waals surface area contributed by atoms with E-state index >= 15 is 0 Å². The van der Waals surface area contributed by atoms with Crippen molar-refractivity contribution in [2.75, 3.05) is 5.32 Å². The smallest absolute Gasteiger partial charge is 0.420 e. The monoisotopic (exact) mass is 515 g/mol. The van der Waals surface area contributed by atoms with Crippen LogP contribution in [0.4, 0.5) is 20.2 Å². The van der Waals surface area contributed by atoms with Crippen LogP contribution in [0.25, 0.3) is 0 Å². The van der Waals surface area contributed by atoms with Crippen molar-refractivity contribution < 1.29 is 23.1 Å². The van der Waals surface area contributed by atoms with Gasteiger partial charge in [0.1, 0.15) is 11.0 Å². The van der Waals surface area contributed by atoms with Gasteiger partial charge >= 0.3 is 5.57 Å². The minimum absolute atomic E-state index is 0.00672. The third-order valence-electron chi connectivity index (χ3n) is 4.95. The molecule has 0 aromatic heterocycles. The lowest BCUT2D eigenvalue weighted by Gasteiger charge is -2.32. The maximum Gasteiger partial charge on any atom is 0.487 e. The van der Waals surface area contributed by atoms with E-state index in [-0.39, 0.29) is 30.5 Å². The Hall–Kier alpha value is -3.43. The molecule has 0 aliphatic carbocycles.